The summed E-state index contributed by atoms with van der Waals surface area (Å²) in [6.07, 6.45) is 7.87. The van der Waals surface area contributed by atoms with Gasteiger partial charge >= 0.3 is 0 Å². The molecule has 0 spiro atoms. The lowest BCUT2D eigenvalue weighted by molar-refractivity contribution is 0.479. The SMILES string of the molecule is Cn1cc(Oc2ccnc(CNC3CC3)c2)cn1. The van der Waals surface area contributed by atoms with Gasteiger partial charge in [0, 0.05) is 31.9 Å². The Labute approximate surface area is 106 Å². The molecule has 2 aromatic rings. The highest BCUT2D eigenvalue weighted by molar-refractivity contribution is 5.28. The van der Waals surface area contributed by atoms with E-state index in [-0.39, 0.29) is 0 Å². The Morgan fingerprint density at radius 2 is 2.33 bits per heavy atom. The Balaban J connectivity index is 1.65. The minimum atomic E-state index is 0.690. The van der Waals surface area contributed by atoms with Gasteiger partial charge in [-0.3, -0.25) is 9.67 Å². The van der Waals surface area contributed by atoms with Crippen LogP contribution in [0.1, 0.15) is 18.5 Å². The van der Waals surface area contributed by atoms with Gasteiger partial charge in [0.2, 0.25) is 0 Å². The second kappa shape index (κ2) is 4.78. The van der Waals surface area contributed by atoms with E-state index in [0.717, 1.165) is 23.7 Å². The summed E-state index contributed by atoms with van der Waals surface area (Å²) in [6, 6.07) is 4.51. The summed E-state index contributed by atoms with van der Waals surface area (Å²) in [5.41, 5.74) is 1.00. The molecule has 0 amide bonds. The van der Waals surface area contributed by atoms with Crippen LogP contribution in [0.4, 0.5) is 0 Å². The highest BCUT2D eigenvalue weighted by Gasteiger charge is 2.20. The van der Waals surface area contributed by atoms with Gasteiger partial charge in [0.05, 0.1) is 18.1 Å². The molecule has 1 N–H and O–H groups in total. The molecule has 1 aliphatic rings. The predicted octanol–water partition coefficient (Wildman–Crippen LogP) is 1.86. The second-order valence-electron chi connectivity index (χ2n) is 4.59. The normalized spacial score (nSPS) is 14.7. The molecule has 0 bridgehead atoms. The number of pyridine rings is 1. The first-order valence-corrected chi connectivity index (χ1v) is 6.14. The van der Waals surface area contributed by atoms with Crippen LogP contribution in [0.3, 0.4) is 0 Å². The third-order valence-electron chi connectivity index (χ3n) is 2.85. The standard InChI is InChI=1S/C13H16N4O/c1-17-9-13(8-16-17)18-12-4-5-14-11(6-12)7-15-10-2-3-10/h4-6,8-10,15H,2-3,7H2,1H3. The molecule has 5 nitrogen and oxygen atoms in total. The smallest absolute Gasteiger partial charge is 0.165 e. The van der Waals surface area contributed by atoms with E-state index in [0.29, 0.717) is 6.04 Å². The number of hydrogen-bond donors (Lipinski definition) is 1. The van der Waals surface area contributed by atoms with Crippen LogP contribution in [-0.4, -0.2) is 20.8 Å². The molecule has 0 saturated heterocycles. The molecule has 18 heavy (non-hydrogen) atoms. The maximum Gasteiger partial charge on any atom is 0.165 e. The van der Waals surface area contributed by atoms with Crippen molar-refractivity contribution in [3.8, 4) is 11.5 Å². The second-order valence-corrected chi connectivity index (χ2v) is 4.59. The van der Waals surface area contributed by atoms with Gasteiger partial charge in [0.1, 0.15) is 5.75 Å². The van der Waals surface area contributed by atoms with Crippen LogP contribution in [0.15, 0.2) is 30.7 Å². The molecule has 2 heterocycles. The van der Waals surface area contributed by atoms with E-state index in [1.165, 1.54) is 12.8 Å². The highest BCUT2D eigenvalue weighted by Crippen LogP contribution is 2.22. The number of aromatic nitrogens is 3. The minimum absolute atomic E-state index is 0.690. The monoisotopic (exact) mass is 244 g/mol. The summed E-state index contributed by atoms with van der Waals surface area (Å²) < 4.78 is 7.43. The first kappa shape index (κ1) is 11.2. The Hall–Kier alpha value is -1.88. The Kier molecular flexibility index (Phi) is 2.98. The van der Waals surface area contributed by atoms with Gasteiger partial charge in [0.25, 0.3) is 0 Å². The van der Waals surface area contributed by atoms with Crippen molar-refractivity contribution in [3.05, 3.63) is 36.4 Å². The van der Waals surface area contributed by atoms with Crippen molar-refractivity contribution in [3.63, 3.8) is 0 Å². The quantitative estimate of drug-likeness (QED) is 0.872. The van der Waals surface area contributed by atoms with Crippen LogP contribution in [0.25, 0.3) is 0 Å². The number of nitrogens with one attached hydrogen (secondary N) is 1. The summed E-state index contributed by atoms with van der Waals surface area (Å²) in [5.74, 6) is 1.54. The lowest BCUT2D eigenvalue weighted by Gasteiger charge is -2.05. The molecule has 0 aromatic carbocycles. The fourth-order valence-corrected chi connectivity index (χ4v) is 1.74. The van der Waals surface area contributed by atoms with Crippen LogP contribution >= 0.6 is 0 Å². The molecule has 1 saturated carbocycles. The summed E-state index contributed by atoms with van der Waals surface area (Å²) in [6.45, 7) is 0.801. The molecular formula is C13H16N4O. The van der Waals surface area contributed by atoms with Crippen molar-refractivity contribution in [2.24, 2.45) is 7.05 Å². The summed E-state index contributed by atoms with van der Waals surface area (Å²) in [5, 5.41) is 7.50. The number of rotatable bonds is 5. The number of hydrogen-bond acceptors (Lipinski definition) is 4. The maximum atomic E-state index is 5.71. The van der Waals surface area contributed by atoms with Gasteiger partial charge in [-0.2, -0.15) is 5.10 Å². The lowest BCUT2D eigenvalue weighted by Crippen LogP contribution is -2.16. The molecule has 1 aliphatic carbocycles. The molecular weight excluding hydrogens is 228 g/mol. The van der Waals surface area contributed by atoms with E-state index in [9.17, 15) is 0 Å². The average molecular weight is 244 g/mol. The summed E-state index contributed by atoms with van der Waals surface area (Å²) >= 11 is 0. The third kappa shape index (κ3) is 2.87. The first-order chi connectivity index (χ1) is 8.79. The van der Waals surface area contributed by atoms with Crippen LogP contribution in [0.5, 0.6) is 11.5 Å². The van der Waals surface area contributed by atoms with E-state index >= 15 is 0 Å². The van der Waals surface area contributed by atoms with Gasteiger partial charge in [-0.05, 0) is 18.9 Å². The zero-order chi connectivity index (χ0) is 12.4. The number of ether oxygens (including phenoxy) is 1. The summed E-state index contributed by atoms with van der Waals surface area (Å²) in [4.78, 5) is 4.32. The molecule has 0 atom stereocenters. The van der Waals surface area contributed by atoms with E-state index in [2.05, 4.69) is 15.4 Å². The van der Waals surface area contributed by atoms with Crippen molar-refractivity contribution in [1.29, 1.82) is 0 Å². The van der Waals surface area contributed by atoms with Crippen LogP contribution < -0.4 is 10.1 Å². The van der Waals surface area contributed by atoms with E-state index in [1.54, 1.807) is 17.1 Å². The lowest BCUT2D eigenvalue weighted by atomic mass is 10.3. The maximum absolute atomic E-state index is 5.71. The van der Waals surface area contributed by atoms with Crippen molar-refractivity contribution in [2.75, 3.05) is 0 Å². The molecule has 3 rings (SSSR count). The Bertz CT molecular complexity index is 533. The van der Waals surface area contributed by atoms with Crippen LogP contribution in [0.2, 0.25) is 0 Å². The highest BCUT2D eigenvalue weighted by atomic mass is 16.5. The van der Waals surface area contributed by atoms with E-state index in [1.807, 2.05) is 25.4 Å². The van der Waals surface area contributed by atoms with Crippen molar-refractivity contribution >= 4 is 0 Å². The van der Waals surface area contributed by atoms with Crippen molar-refractivity contribution < 1.29 is 4.74 Å². The fraction of sp³-hybridized carbons (Fsp3) is 0.385. The largest absolute Gasteiger partial charge is 0.454 e. The van der Waals surface area contributed by atoms with Gasteiger partial charge in [-0.1, -0.05) is 0 Å². The third-order valence-corrected chi connectivity index (χ3v) is 2.85. The van der Waals surface area contributed by atoms with Crippen LogP contribution in [0, 0.1) is 0 Å². The zero-order valence-corrected chi connectivity index (χ0v) is 10.3. The number of nitrogens with zero attached hydrogens (tertiary/aromatic N) is 3. The average Bonchev–Trinajstić information content (AvgIpc) is 3.11. The van der Waals surface area contributed by atoms with Crippen LogP contribution in [-0.2, 0) is 13.6 Å². The number of aryl methyl sites for hydroxylation is 1. The molecule has 0 unspecified atom stereocenters. The van der Waals surface area contributed by atoms with E-state index < -0.39 is 0 Å². The van der Waals surface area contributed by atoms with Gasteiger partial charge in [0.15, 0.2) is 5.75 Å². The zero-order valence-electron chi connectivity index (χ0n) is 10.3. The molecule has 1 fully saturated rings. The molecule has 0 aliphatic heterocycles. The van der Waals surface area contributed by atoms with Crippen molar-refractivity contribution in [1.82, 2.24) is 20.1 Å². The summed E-state index contributed by atoms with van der Waals surface area (Å²) in [7, 11) is 1.87. The fourth-order valence-electron chi connectivity index (χ4n) is 1.74. The molecule has 94 valence electrons. The topological polar surface area (TPSA) is 52.0 Å². The molecule has 2 aromatic heterocycles. The molecule has 0 radical (unpaired) electrons. The Morgan fingerprint density at radius 1 is 1.44 bits per heavy atom. The van der Waals surface area contributed by atoms with Gasteiger partial charge < -0.3 is 10.1 Å². The van der Waals surface area contributed by atoms with Gasteiger partial charge in [-0.15, -0.1) is 0 Å². The van der Waals surface area contributed by atoms with Gasteiger partial charge in [-0.25, -0.2) is 0 Å². The van der Waals surface area contributed by atoms with E-state index in [4.69, 9.17) is 4.74 Å². The predicted molar refractivity (Wildman–Crippen MR) is 67.4 cm³/mol. The Morgan fingerprint density at radius 3 is 3.06 bits per heavy atom. The molecule has 5 heteroatoms. The van der Waals surface area contributed by atoms with Crippen molar-refractivity contribution in [2.45, 2.75) is 25.4 Å². The minimum Gasteiger partial charge on any atom is -0.454 e. The first-order valence-electron chi connectivity index (χ1n) is 6.14.